The van der Waals surface area contributed by atoms with E-state index < -0.39 is 6.10 Å². The maximum atomic E-state index is 13.0. The second kappa shape index (κ2) is 5.43. The Bertz CT molecular complexity index is 496. The molecule has 2 aromatic rings. The first-order chi connectivity index (χ1) is 8.15. The zero-order valence-corrected chi connectivity index (χ0v) is 10.7. The van der Waals surface area contributed by atoms with Crippen LogP contribution in [-0.2, 0) is 6.42 Å². The largest absolute Gasteiger partial charge is 0.388 e. The van der Waals surface area contributed by atoms with Crippen molar-refractivity contribution in [3.05, 3.63) is 69.9 Å². The molecule has 2 aromatic carbocycles. The number of hydrogen-bond donors (Lipinski definition) is 1. The summed E-state index contributed by atoms with van der Waals surface area (Å²) in [6.45, 7) is 0. The highest BCUT2D eigenvalue weighted by Gasteiger charge is 2.09. The summed E-state index contributed by atoms with van der Waals surface area (Å²) in [6, 6.07) is 13.8. The number of aliphatic hydroxyl groups is 1. The van der Waals surface area contributed by atoms with E-state index in [-0.39, 0.29) is 5.82 Å². The lowest BCUT2D eigenvalue weighted by Crippen LogP contribution is -2.02. The smallest absolute Gasteiger partial charge is 0.123 e. The van der Waals surface area contributed by atoms with Gasteiger partial charge in [0.25, 0.3) is 0 Å². The second-order valence-electron chi connectivity index (χ2n) is 3.90. The molecular weight excluding hydrogens is 283 g/mol. The van der Waals surface area contributed by atoms with Gasteiger partial charge in [0.05, 0.1) is 6.10 Å². The molecule has 0 radical (unpaired) electrons. The van der Waals surface area contributed by atoms with Gasteiger partial charge in [-0.3, -0.25) is 0 Å². The average molecular weight is 295 g/mol. The van der Waals surface area contributed by atoms with Gasteiger partial charge in [-0.1, -0.05) is 40.2 Å². The molecule has 1 N–H and O–H groups in total. The number of rotatable bonds is 3. The molecule has 0 aliphatic rings. The van der Waals surface area contributed by atoms with Crippen molar-refractivity contribution in [2.24, 2.45) is 0 Å². The Labute approximate surface area is 108 Å². The molecule has 0 saturated carbocycles. The van der Waals surface area contributed by atoms with E-state index in [1.165, 1.54) is 12.1 Å². The molecule has 0 bridgehead atoms. The zero-order chi connectivity index (χ0) is 12.3. The minimum atomic E-state index is -0.674. The van der Waals surface area contributed by atoms with Crippen molar-refractivity contribution < 1.29 is 9.50 Å². The fourth-order valence-electron chi connectivity index (χ4n) is 1.68. The van der Waals surface area contributed by atoms with E-state index in [4.69, 9.17) is 0 Å². The first-order valence-electron chi connectivity index (χ1n) is 5.33. The Morgan fingerprint density at radius 1 is 1.12 bits per heavy atom. The highest BCUT2D eigenvalue weighted by atomic mass is 79.9. The lowest BCUT2D eigenvalue weighted by Gasteiger charge is -2.11. The van der Waals surface area contributed by atoms with Crippen molar-refractivity contribution in [3.8, 4) is 0 Å². The lowest BCUT2D eigenvalue weighted by molar-refractivity contribution is 0.178. The molecule has 88 valence electrons. The minimum Gasteiger partial charge on any atom is -0.388 e. The summed E-state index contributed by atoms with van der Waals surface area (Å²) >= 11 is 3.35. The summed E-state index contributed by atoms with van der Waals surface area (Å²) in [5.74, 6) is -0.322. The SMILES string of the molecule is OC(Cc1ccc(Br)cc1)c1cccc(F)c1. The first kappa shape index (κ1) is 12.3. The number of hydrogen-bond acceptors (Lipinski definition) is 1. The topological polar surface area (TPSA) is 20.2 Å². The van der Waals surface area contributed by atoms with Crippen molar-refractivity contribution >= 4 is 15.9 Å². The molecule has 0 aliphatic heterocycles. The Hall–Kier alpha value is -1.19. The maximum absolute atomic E-state index is 13.0. The van der Waals surface area contributed by atoms with Gasteiger partial charge >= 0.3 is 0 Å². The normalized spacial score (nSPS) is 12.4. The van der Waals surface area contributed by atoms with Crippen LogP contribution in [0.1, 0.15) is 17.2 Å². The fourth-order valence-corrected chi connectivity index (χ4v) is 1.94. The predicted molar refractivity (Wildman–Crippen MR) is 69.2 cm³/mol. The minimum absolute atomic E-state index is 0.322. The number of benzene rings is 2. The quantitative estimate of drug-likeness (QED) is 0.911. The third-order valence-electron chi connectivity index (χ3n) is 2.58. The summed E-state index contributed by atoms with van der Waals surface area (Å²) in [5, 5.41) is 9.99. The molecule has 1 unspecified atom stereocenters. The van der Waals surface area contributed by atoms with E-state index in [1.807, 2.05) is 24.3 Å². The Balaban J connectivity index is 2.11. The second-order valence-corrected chi connectivity index (χ2v) is 4.82. The molecule has 0 spiro atoms. The Kier molecular flexibility index (Phi) is 3.92. The van der Waals surface area contributed by atoms with Crippen LogP contribution >= 0.6 is 15.9 Å². The molecule has 0 amide bonds. The van der Waals surface area contributed by atoms with Gasteiger partial charge < -0.3 is 5.11 Å². The number of halogens is 2. The fraction of sp³-hybridized carbons (Fsp3) is 0.143. The Morgan fingerprint density at radius 2 is 1.82 bits per heavy atom. The molecule has 17 heavy (non-hydrogen) atoms. The van der Waals surface area contributed by atoms with Gasteiger partial charge in [0.1, 0.15) is 5.82 Å². The van der Waals surface area contributed by atoms with Crippen molar-refractivity contribution in [2.45, 2.75) is 12.5 Å². The van der Waals surface area contributed by atoms with Crippen LogP contribution < -0.4 is 0 Å². The predicted octanol–water partition coefficient (Wildman–Crippen LogP) is 3.86. The lowest BCUT2D eigenvalue weighted by atomic mass is 10.0. The molecule has 2 rings (SSSR count). The average Bonchev–Trinajstić information content (AvgIpc) is 2.32. The Morgan fingerprint density at radius 3 is 2.47 bits per heavy atom. The van der Waals surface area contributed by atoms with Gasteiger partial charge in [-0.25, -0.2) is 4.39 Å². The van der Waals surface area contributed by atoms with E-state index >= 15 is 0 Å². The monoisotopic (exact) mass is 294 g/mol. The van der Waals surface area contributed by atoms with Crippen LogP contribution in [0.5, 0.6) is 0 Å². The van der Waals surface area contributed by atoms with Gasteiger partial charge in [0, 0.05) is 10.9 Å². The van der Waals surface area contributed by atoms with E-state index in [0.29, 0.717) is 12.0 Å². The first-order valence-corrected chi connectivity index (χ1v) is 6.12. The van der Waals surface area contributed by atoms with Crippen LogP contribution in [0.3, 0.4) is 0 Å². The van der Waals surface area contributed by atoms with Crippen LogP contribution in [0.15, 0.2) is 53.0 Å². The van der Waals surface area contributed by atoms with Crippen LogP contribution in [-0.4, -0.2) is 5.11 Å². The van der Waals surface area contributed by atoms with E-state index in [9.17, 15) is 9.50 Å². The zero-order valence-electron chi connectivity index (χ0n) is 9.11. The van der Waals surface area contributed by atoms with Gasteiger partial charge in [0.15, 0.2) is 0 Å². The van der Waals surface area contributed by atoms with Gasteiger partial charge in [-0.2, -0.15) is 0 Å². The molecule has 0 saturated heterocycles. The van der Waals surface area contributed by atoms with E-state index in [1.54, 1.807) is 12.1 Å². The third-order valence-corrected chi connectivity index (χ3v) is 3.10. The van der Waals surface area contributed by atoms with Crippen molar-refractivity contribution in [3.63, 3.8) is 0 Å². The highest BCUT2D eigenvalue weighted by Crippen LogP contribution is 2.20. The van der Waals surface area contributed by atoms with Gasteiger partial charge in [0.2, 0.25) is 0 Å². The summed E-state index contributed by atoms with van der Waals surface area (Å²) < 4.78 is 14.0. The molecule has 0 fully saturated rings. The van der Waals surface area contributed by atoms with E-state index in [0.717, 1.165) is 10.0 Å². The van der Waals surface area contributed by atoms with Crippen LogP contribution in [0.25, 0.3) is 0 Å². The van der Waals surface area contributed by atoms with Crippen molar-refractivity contribution in [2.75, 3.05) is 0 Å². The standard InChI is InChI=1S/C14H12BrFO/c15-12-6-4-10(5-7-12)8-14(17)11-2-1-3-13(16)9-11/h1-7,9,14,17H,8H2. The van der Waals surface area contributed by atoms with Crippen LogP contribution in [0, 0.1) is 5.82 Å². The van der Waals surface area contributed by atoms with E-state index in [2.05, 4.69) is 15.9 Å². The van der Waals surface area contributed by atoms with Crippen LogP contribution in [0.2, 0.25) is 0 Å². The van der Waals surface area contributed by atoms with Gasteiger partial charge in [-0.05, 0) is 35.4 Å². The summed E-state index contributed by atoms with van der Waals surface area (Å²) in [4.78, 5) is 0. The molecular formula is C14H12BrFO. The molecule has 3 heteroatoms. The van der Waals surface area contributed by atoms with Crippen LogP contribution in [0.4, 0.5) is 4.39 Å². The molecule has 0 aromatic heterocycles. The third kappa shape index (κ3) is 3.38. The van der Waals surface area contributed by atoms with Crippen molar-refractivity contribution in [1.29, 1.82) is 0 Å². The maximum Gasteiger partial charge on any atom is 0.123 e. The summed E-state index contributed by atoms with van der Waals surface area (Å²) in [5.41, 5.74) is 1.62. The molecule has 1 atom stereocenters. The molecule has 1 nitrogen and oxygen atoms in total. The molecule has 0 aliphatic carbocycles. The van der Waals surface area contributed by atoms with Crippen molar-refractivity contribution in [1.82, 2.24) is 0 Å². The molecule has 0 heterocycles. The highest BCUT2D eigenvalue weighted by molar-refractivity contribution is 9.10. The van der Waals surface area contributed by atoms with Gasteiger partial charge in [-0.15, -0.1) is 0 Å². The number of aliphatic hydroxyl groups excluding tert-OH is 1. The summed E-state index contributed by atoms with van der Waals surface area (Å²) in [7, 11) is 0. The summed E-state index contributed by atoms with van der Waals surface area (Å²) in [6.07, 6.45) is -0.191.